The Morgan fingerprint density at radius 3 is 2.25 bits per heavy atom. The van der Waals surface area contributed by atoms with Crippen LogP contribution < -0.4 is 4.90 Å². The lowest BCUT2D eigenvalue weighted by Gasteiger charge is -2.35. The molecule has 1 aliphatic heterocycles. The summed E-state index contributed by atoms with van der Waals surface area (Å²) in [6.07, 6.45) is -3.14. The van der Waals surface area contributed by atoms with Crippen LogP contribution in [-0.2, 0) is 6.18 Å². The maximum Gasteiger partial charge on any atom is 0.419 e. The second-order valence-electron chi connectivity index (χ2n) is 5.40. The number of carbonyl (C=O) groups is 1. The van der Waals surface area contributed by atoms with Crippen molar-refractivity contribution in [2.24, 2.45) is 0 Å². The Morgan fingerprint density at radius 2 is 1.71 bits per heavy atom. The van der Waals surface area contributed by atoms with E-state index in [4.69, 9.17) is 11.6 Å². The maximum absolute atomic E-state index is 12.6. The molecule has 5 nitrogen and oxygen atoms in total. The van der Waals surface area contributed by atoms with Crippen molar-refractivity contribution in [1.82, 2.24) is 14.7 Å². The van der Waals surface area contributed by atoms with E-state index in [2.05, 4.69) is 10.00 Å². The fourth-order valence-electron chi connectivity index (χ4n) is 2.53. The van der Waals surface area contributed by atoms with E-state index >= 15 is 0 Å². The van der Waals surface area contributed by atoms with Gasteiger partial charge in [0, 0.05) is 43.1 Å². The van der Waals surface area contributed by atoms with Crippen LogP contribution in [0.25, 0.3) is 0 Å². The van der Waals surface area contributed by atoms with E-state index in [0.29, 0.717) is 43.6 Å². The molecule has 1 aromatic heterocycles. The molecule has 0 saturated carbocycles. The Labute approximate surface area is 141 Å². The average Bonchev–Trinajstić information content (AvgIpc) is 3.05. The normalized spacial score (nSPS) is 15.7. The summed E-state index contributed by atoms with van der Waals surface area (Å²) in [5.74, 6) is 0. The molecule has 0 bridgehead atoms. The number of hydrogen-bond acceptors (Lipinski definition) is 3. The number of alkyl halides is 3. The van der Waals surface area contributed by atoms with E-state index in [-0.39, 0.29) is 0 Å². The first-order valence-electron chi connectivity index (χ1n) is 7.26. The smallest absolute Gasteiger partial charge is 0.368 e. The molecule has 2 aromatic rings. The summed E-state index contributed by atoms with van der Waals surface area (Å²) in [5.41, 5.74) is 0.0561. The molecule has 1 fully saturated rings. The first-order chi connectivity index (χ1) is 11.3. The van der Waals surface area contributed by atoms with Crippen molar-refractivity contribution in [3.05, 3.63) is 47.2 Å². The molecule has 24 heavy (non-hydrogen) atoms. The molecule has 0 atom stereocenters. The molecule has 128 valence electrons. The first-order valence-corrected chi connectivity index (χ1v) is 7.64. The minimum Gasteiger partial charge on any atom is -0.368 e. The molecule has 2 heterocycles. The van der Waals surface area contributed by atoms with Gasteiger partial charge in [0.1, 0.15) is 0 Å². The summed E-state index contributed by atoms with van der Waals surface area (Å²) in [6.45, 7) is 1.98. The van der Waals surface area contributed by atoms with Crippen LogP contribution in [0.1, 0.15) is 5.56 Å². The quantitative estimate of drug-likeness (QED) is 0.785. The molecular formula is C15H14ClF3N4O. The van der Waals surface area contributed by atoms with Crippen molar-refractivity contribution >= 4 is 23.3 Å². The zero-order valence-corrected chi connectivity index (χ0v) is 13.3. The Hall–Kier alpha value is -2.22. The second-order valence-corrected chi connectivity index (χ2v) is 5.84. The standard InChI is InChI=1S/C15H14ClF3N4O/c16-12-1-3-13(4-2-12)21-5-7-22(8-6-21)14(24)23-10-11(9-20-23)15(17,18)19/h1-4,9-10H,5-8H2. The lowest BCUT2D eigenvalue weighted by atomic mass is 10.2. The topological polar surface area (TPSA) is 41.4 Å². The minimum atomic E-state index is -4.51. The highest BCUT2D eigenvalue weighted by Gasteiger charge is 2.33. The lowest BCUT2D eigenvalue weighted by Crippen LogP contribution is -2.50. The van der Waals surface area contributed by atoms with Gasteiger partial charge in [-0.1, -0.05) is 11.6 Å². The number of carbonyl (C=O) groups excluding carboxylic acids is 1. The van der Waals surface area contributed by atoms with E-state index < -0.39 is 17.8 Å². The van der Waals surface area contributed by atoms with Gasteiger partial charge in [-0.3, -0.25) is 0 Å². The van der Waals surface area contributed by atoms with Crippen molar-refractivity contribution < 1.29 is 18.0 Å². The van der Waals surface area contributed by atoms with Gasteiger partial charge in [-0.15, -0.1) is 0 Å². The zero-order chi connectivity index (χ0) is 17.3. The van der Waals surface area contributed by atoms with E-state index in [1.807, 2.05) is 12.1 Å². The molecule has 1 saturated heterocycles. The fourth-order valence-corrected chi connectivity index (χ4v) is 2.65. The third-order valence-corrected chi connectivity index (χ3v) is 4.10. The molecule has 0 radical (unpaired) electrons. The van der Waals surface area contributed by atoms with E-state index in [1.54, 1.807) is 12.1 Å². The van der Waals surface area contributed by atoms with Crippen molar-refractivity contribution in [3.8, 4) is 0 Å². The SMILES string of the molecule is O=C(N1CCN(c2ccc(Cl)cc2)CC1)n1cc(C(F)(F)F)cn1. The lowest BCUT2D eigenvalue weighted by molar-refractivity contribution is -0.137. The van der Waals surface area contributed by atoms with Gasteiger partial charge in [0.05, 0.1) is 11.8 Å². The summed E-state index contributed by atoms with van der Waals surface area (Å²) in [5, 5.41) is 4.17. The Bertz CT molecular complexity index is 721. The fraction of sp³-hybridized carbons (Fsp3) is 0.333. The number of halogens is 4. The predicted octanol–water partition coefficient (Wildman–Crippen LogP) is 3.35. The highest BCUT2D eigenvalue weighted by Crippen LogP contribution is 2.28. The third kappa shape index (κ3) is 3.48. The molecule has 1 aromatic carbocycles. The summed E-state index contributed by atoms with van der Waals surface area (Å²) in [6, 6.07) is 6.81. The second kappa shape index (κ2) is 6.35. The van der Waals surface area contributed by atoms with Crippen molar-refractivity contribution in [1.29, 1.82) is 0 Å². The zero-order valence-electron chi connectivity index (χ0n) is 12.5. The van der Waals surface area contributed by atoms with Crippen molar-refractivity contribution in [2.75, 3.05) is 31.1 Å². The molecule has 9 heteroatoms. The monoisotopic (exact) mass is 358 g/mol. The number of anilines is 1. The maximum atomic E-state index is 12.6. The van der Waals surface area contributed by atoms with Crippen molar-refractivity contribution in [3.63, 3.8) is 0 Å². The van der Waals surface area contributed by atoms with Crippen LogP contribution >= 0.6 is 11.6 Å². The molecule has 0 aliphatic carbocycles. The average molecular weight is 359 g/mol. The van der Waals surface area contributed by atoms with E-state index in [1.165, 1.54) is 4.90 Å². The number of piperazine rings is 1. The highest BCUT2D eigenvalue weighted by molar-refractivity contribution is 6.30. The number of nitrogens with zero attached hydrogens (tertiary/aromatic N) is 4. The summed E-state index contributed by atoms with van der Waals surface area (Å²) >= 11 is 5.86. The first kappa shape index (κ1) is 16.6. The number of hydrogen-bond donors (Lipinski definition) is 0. The van der Waals surface area contributed by atoms with Crippen LogP contribution in [0.5, 0.6) is 0 Å². The van der Waals surface area contributed by atoms with Crippen LogP contribution in [-0.4, -0.2) is 46.9 Å². The molecule has 0 unspecified atom stereocenters. The van der Waals surface area contributed by atoms with Crippen molar-refractivity contribution in [2.45, 2.75) is 6.18 Å². The van der Waals surface area contributed by atoms with Crippen LogP contribution in [0.15, 0.2) is 36.7 Å². The van der Waals surface area contributed by atoms with Gasteiger partial charge in [-0.05, 0) is 24.3 Å². The van der Waals surface area contributed by atoms with Gasteiger partial charge in [0.2, 0.25) is 0 Å². The van der Waals surface area contributed by atoms with Crippen LogP contribution in [0.2, 0.25) is 5.02 Å². The largest absolute Gasteiger partial charge is 0.419 e. The number of benzene rings is 1. The Balaban J connectivity index is 1.63. The number of aromatic nitrogens is 2. The van der Waals surface area contributed by atoms with Gasteiger partial charge >= 0.3 is 12.2 Å². The van der Waals surface area contributed by atoms with Gasteiger partial charge in [0.15, 0.2) is 0 Å². The van der Waals surface area contributed by atoms with Crippen LogP contribution in [0.4, 0.5) is 23.7 Å². The molecular weight excluding hydrogens is 345 g/mol. The molecule has 0 spiro atoms. The molecule has 1 aliphatic rings. The summed E-state index contributed by atoms with van der Waals surface area (Å²) in [4.78, 5) is 15.8. The van der Waals surface area contributed by atoms with Crippen LogP contribution in [0, 0.1) is 0 Å². The number of amides is 1. The van der Waals surface area contributed by atoms with Gasteiger partial charge in [-0.2, -0.15) is 23.0 Å². The Kier molecular flexibility index (Phi) is 4.40. The van der Waals surface area contributed by atoms with Gasteiger partial charge in [0.25, 0.3) is 0 Å². The third-order valence-electron chi connectivity index (χ3n) is 3.85. The van der Waals surface area contributed by atoms with Crippen LogP contribution in [0.3, 0.4) is 0 Å². The van der Waals surface area contributed by atoms with E-state index in [9.17, 15) is 18.0 Å². The Morgan fingerprint density at radius 1 is 1.08 bits per heavy atom. The van der Waals surface area contributed by atoms with E-state index in [0.717, 1.165) is 10.4 Å². The summed E-state index contributed by atoms with van der Waals surface area (Å²) in [7, 11) is 0. The summed E-state index contributed by atoms with van der Waals surface area (Å²) < 4.78 is 38.5. The minimum absolute atomic E-state index is 0.405. The highest BCUT2D eigenvalue weighted by atomic mass is 35.5. The molecule has 0 N–H and O–H groups in total. The van der Waals surface area contributed by atoms with Gasteiger partial charge < -0.3 is 9.80 Å². The van der Waals surface area contributed by atoms with Gasteiger partial charge in [-0.25, -0.2) is 4.79 Å². The molecule has 3 rings (SSSR count). The molecule has 1 amide bonds. The predicted molar refractivity (Wildman–Crippen MR) is 83.3 cm³/mol. The number of rotatable bonds is 1.